The van der Waals surface area contributed by atoms with Crippen molar-refractivity contribution < 1.29 is 26.9 Å². The molecular weight excluding hydrogens is 499 g/mol. The van der Waals surface area contributed by atoms with Crippen LogP contribution in [0.3, 0.4) is 0 Å². The number of nitrogens with one attached hydrogen (secondary N) is 1. The molecule has 1 aromatic carbocycles. The molecule has 32 heavy (non-hydrogen) atoms. The zero-order chi connectivity index (χ0) is 24.4. The average Bonchev–Trinajstić information content (AvgIpc) is 2.64. The molecule has 0 fully saturated rings. The standard InChI is InChI=1S/C21H33BBrN2O6S/c1-16-6-7-19(25(9-8-23)10-11-30-32(5,28)29)13-17(16)12-18(24-22-15-26)14-20(27)31-21(2,3)4/h6-7,13,15,18,24H,8-12,14H2,1-5H3/t18-/m1/s1. The van der Waals surface area contributed by atoms with E-state index in [0.717, 1.165) is 23.1 Å². The van der Waals surface area contributed by atoms with Gasteiger partial charge in [0.1, 0.15) is 5.60 Å². The number of ether oxygens (including phenoxy) is 1. The molecule has 0 aliphatic heterocycles. The highest BCUT2D eigenvalue weighted by molar-refractivity contribution is 9.09. The number of carbonyl (C=O) groups is 2. The first-order chi connectivity index (χ1) is 14.8. The van der Waals surface area contributed by atoms with Crippen molar-refractivity contribution >= 4 is 51.3 Å². The Balaban J connectivity index is 3.01. The third kappa shape index (κ3) is 12.0. The Labute approximate surface area is 200 Å². The lowest BCUT2D eigenvalue weighted by Crippen LogP contribution is -2.38. The minimum Gasteiger partial charge on any atom is -0.460 e. The van der Waals surface area contributed by atoms with Gasteiger partial charge in [-0.25, -0.2) is 0 Å². The summed E-state index contributed by atoms with van der Waals surface area (Å²) in [5, 5.41) is 3.69. The summed E-state index contributed by atoms with van der Waals surface area (Å²) in [6.07, 6.45) is 2.29. The molecule has 1 N–H and O–H groups in total. The fraction of sp³-hybridized carbons (Fsp3) is 0.619. The highest BCUT2D eigenvalue weighted by Crippen LogP contribution is 2.22. The van der Waals surface area contributed by atoms with E-state index in [4.69, 9.17) is 8.92 Å². The van der Waals surface area contributed by atoms with Crippen LogP contribution in [0, 0.1) is 6.92 Å². The SMILES string of the molecule is Cc1ccc(N(CCBr)CCOS(C)(=O)=O)cc1C[C@H](CC(=O)OC(C)(C)C)N[B]C=O. The van der Waals surface area contributed by atoms with Gasteiger partial charge in [0.2, 0.25) is 0 Å². The second kappa shape index (κ2) is 13.3. The summed E-state index contributed by atoms with van der Waals surface area (Å²) in [6, 6.07) is 5.65. The largest absolute Gasteiger partial charge is 0.460 e. The van der Waals surface area contributed by atoms with Crippen LogP contribution in [-0.2, 0) is 35.0 Å². The zero-order valence-electron chi connectivity index (χ0n) is 19.4. The Hall–Kier alpha value is -1.43. The molecule has 11 heteroatoms. The number of rotatable bonds is 14. The number of aryl methyl sites for hydroxylation is 1. The van der Waals surface area contributed by atoms with Crippen molar-refractivity contribution in [2.24, 2.45) is 0 Å². The maximum Gasteiger partial charge on any atom is 0.307 e. The number of hydrogen-bond acceptors (Lipinski definition) is 8. The van der Waals surface area contributed by atoms with Gasteiger partial charge in [0.25, 0.3) is 17.5 Å². The fourth-order valence-electron chi connectivity index (χ4n) is 3.06. The first-order valence-electron chi connectivity index (χ1n) is 10.3. The summed E-state index contributed by atoms with van der Waals surface area (Å²) >= 11 is 3.43. The van der Waals surface area contributed by atoms with E-state index in [9.17, 15) is 18.0 Å². The first kappa shape index (κ1) is 28.6. The molecule has 179 valence electrons. The average molecular weight is 532 g/mol. The van der Waals surface area contributed by atoms with Crippen LogP contribution in [-0.4, -0.2) is 70.9 Å². The number of halogens is 1. The van der Waals surface area contributed by atoms with Gasteiger partial charge in [0.05, 0.1) is 25.5 Å². The maximum atomic E-state index is 12.3. The number of carbonyl (C=O) groups excluding carboxylic acids is 2. The Morgan fingerprint density at radius 1 is 1.31 bits per heavy atom. The molecule has 0 aliphatic carbocycles. The number of benzene rings is 1. The van der Waals surface area contributed by atoms with E-state index in [0.29, 0.717) is 31.0 Å². The Morgan fingerprint density at radius 2 is 2.00 bits per heavy atom. The van der Waals surface area contributed by atoms with Crippen LogP contribution in [0.15, 0.2) is 18.2 Å². The van der Waals surface area contributed by atoms with Gasteiger partial charge in [0.15, 0.2) is 0 Å². The van der Waals surface area contributed by atoms with Crippen LogP contribution >= 0.6 is 15.9 Å². The van der Waals surface area contributed by atoms with Gasteiger partial charge in [-0.2, -0.15) is 8.42 Å². The molecule has 8 nitrogen and oxygen atoms in total. The van der Waals surface area contributed by atoms with Gasteiger partial charge in [-0.3, -0.25) is 8.98 Å². The third-order valence-electron chi connectivity index (χ3n) is 4.41. The highest BCUT2D eigenvalue weighted by Gasteiger charge is 2.21. The summed E-state index contributed by atoms with van der Waals surface area (Å²) in [7, 11) is -2.22. The molecule has 0 bridgehead atoms. The van der Waals surface area contributed by atoms with E-state index in [-0.39, 0.29) is 25.0 Å². The predicted octanol–water partition coefficient (Wildman–Crippen LogP) is 2.21. The Morgan fingerprint density at radius 3 is 2.56 bits per heavy atom. The van der Waals surface area contributed by atoms with Crippen molar-refractivity contribution in [3.63, 3.8) is 0 Å². The summed E-state index contributed by atoms with van der Waals surface area (Å²) in [5.74, 6) is -0.345. The number of anilines is 1. The van der Waals surface area contributed by atoms with Crippen LogP contribution in [0.5, 0.6) is 0 Å². The van der Waals surface area contributed by atoms with Gasteiger partial charge in [-0.05, 0) is 57.4 Å². The Bertz CT molecular complexity index is 860. The van der Waals surface area contributed by atoms with Crippen LogP contribution < -0.4 is 10.1 Å². The van der Waals surface area contributed by atoms with Crippen molar-refractivity contribution in [3.8, 4) is 0 Å². The van der Waals surface area contributed by atoms with E-state index in [2.05, 4.69) is 21.2 Å². The Kier molecular flexibility index (Phi) is 11.9. The van der Waals surface area contributed by atoms with Gasteiger partial charge < -0.3 is 19.7 Å². The second-order valence-corrected chi connectivity index (χ2v) is 10.9. The molecule has 1 radical (unpaired) electrons. The highest BCUT2D eigenvalue weighted by atomic mass is 79.9. The summed E-state index contributed by atoms with van der Waals surface area (Å²) in [4.78, 5) is 25.2. The minimum absolute atomic E-state index is 0.0478. The molecule has 0 saturated heterocycles. The third-order valence-corrected chi connectivity index (χ3v) is 5.36. The maximum absolute atomic E-state index is 12.3. The molecule has 0 aliphatic rings. The minimum atomic E-state index is -3.50. The van der Waals surface area contributed by atoms with Gasteiger partial charge in [0, 0.05) is 30.1 Å². The number of hydrogen-bond donors (Lipinski definition) is 1. The summed E-state index contributed by atoms with van der Waals surface area (Å²) in [6.45, 7) is 8.52. The lowest BCUT2D eigenvalue weighted by atomic mass is 9.91. The molecular formula is C21H33BBrN2O6S. The molecule has 0 heterocycles. The van der Waals surface area contributed by atoms with Crippen molar-refractivity contribution in [3.05, 3.63) is 29.3 Å². The van der Waals surface area contributed by atoms with Gasteiger partial charge >= 0.3 is 5.97 Å². The quantitative estimate of drug-likeness (QED) is 0.128. The van der Waals surface area contributed by atoms with Crippen molar-refractivity contribution in [2.75, 3.05) is 36.2 Å². The summed E-state index contributed by atoms with van der Waals surface area (Å²) < 4.78 is 32.8. The van der Waals surface area contributed by atoms with E-state index in [1.165, 1.54) is 7.41 Å². The van der Waals surface area contributed by atoms with Crippen LogP contribution in [0.25, 0.3) is 0 Å². The smallest absolute Gasteiger partial charge is 0.307 e. The van der Waals surface area contributed by atoms with Crippen molar-refractivity contribution in [1.82, 2.24) is 5.23 Å². The summed E-state index contributed by atoms with van der Waals surface area (Å²) in [5.41, 5.74) is 2.38. The van der Waals surface area contributed by atoms with Crippen LogP contribution in [0.1, 0.15) is 38.3 Å². The molecule has 0 spiro atoms. The van der Waals surface area contributed by atoms with Gasteiger partial charge in [-0.15, -0.1) is 0 Å². The number of nitrogens with zero attached hydrogens (tertiary/aromatic N) is 1. The lowest BCUT2D eigenvalue weighted by Gasteiger charge is -2.26. The molecule has 0 unspecified atom stereocenters. The van der Waals surface area contributed by atoms with Crippen molar-refractivity contribution in [2.45, 2.75) is 52.2 Å². The topological polar surface area (TPSA) is 102 Å². The second-order valence-electron chi connectivity index (χ2n) is 8.47. The lowest BCUT2D eigenvalue weighted by molar-refractivity contribution is -0.155. The molecule has 1 rings (SSSR count). The fourth-order valence-corrected chi connectivity index (χ4v) is 3.87. The zero-order valence-corrected chi connectivity index (χ0v) is 21.8. The molecule has 0 amide bonds. The monoisotopic (exact) mass is 531 g/mol. The normalized spacial score (nSPS) is 12.8. The van der Waals surface area contributed by atoms with E-state index in [1.807, 2.05) is 50.8 Å². The molecule has 1 aromatic rings. The van der Waals surface area contributed by atoms with E-state index in [1.54, 1.807) is 0 Å². The van der Waals surface area contributed by atoms with Gasteiger partial charge in [-0.1, -0.05) is 22.0 Å². The van der Waals surface area contributed by atoms with E-state index < -0.39 is 15.7 Å². The molecule has 0 aromatic heterocycles. The first-order valence-corrected chi connectivity index (χ1v) is 13.3. The molecule has 0 saturated carbocycles. The van der Waals surface area contributed by atoms with E-state index >= 15 is 0 Å². The number of esters is 1. The van der Waals surface area contributed by atoms with Crippen molar-refractivity contribution in [1.29, 1.82) is 0 Å². The predicted molar refractivity (Wildman–Crippen MR) is 132 cm³/mol. The van der Waals surface area contributed by atoms with Crippen LogP contribution in [0.2, 0.25) is 0 Å². The molecule has 1 atom stereocenters. The number of alkyl halides is 1. The van der Waals surface area contributed by atoms with Crippen LogP contribution in [0.4, 0.5) is 5.69 Å².